The highest BCUT2D eigenvalue weighted by Gasteiger charge is 2.14. The zero-order valence-corrected chi connectivity index (χ0v) is 11.0. The third-order valence-corrected chi connectivity index (χ3v) is 3.18. The Kier molecular flexibility index (Phi) is 3.05. The van der Waals surface area contributed by atoms with E-state index in [1.165, 1.54) is 0 Å². The molecule has 94 valence electrons. The Bertz CT molecular complexity index is 748. The fourth-order valence-corrected chi connectivity index (χ4v) is 2.20. The van der Waals surface area contributed by atoms with Crippen LogP contribution in [-0.2, 0) is 0 Å². The SMILES string of the molecule is Fc1c(Cl)nc(-c2cncc3ccccc23)nc1Cl. The molecule has 1 aromatic carbocycles. The van der Waals surface area contributed by atoms with Gasteiger partial charge in [-0.05, 0) is 5.39 Å². The van der Waals surface area contributed by atoms with Gasteiger partial charge >= 0.3 is 0 Å². The van der Waals surface area contributed by atoms with E-state index in [2.05, 4.69) is 15.0 Å². The molecule has 3 rings (SSSR count). The summed E-state index contributed by atoms with van der Waals surface area (Å²) in [6, 6.07) is 7.61. The summed E-state index contributed by atoms with van der Waals surface area (Å²) in [4.78, 5) is 11.9. The van der Waals surface area contributed by atoms with Crippen LogP contribution < -0.4 is 0 Å². The first kappa shape index (κ1) is 12.3. The lowest BCUT2D eigenvalue weighted by Gasteiger charge is -2.06. The molecule has 2 heterocycles. The van der Waals surface area contributed by atoms with Gasteiger partial charge in [-0.1, -0.05) is 47.5 Å². The molecule has 0 radical (unpaired) electrons. The van der Waals surface area contributed by atoms with Gasteiger partial charge in [0.05, 0.1) is 0 Å². The van der Waals surface area contributed by atoms with Gasteiger partial charge in [-0.2, -0.15) is 0 Å². The van der Waals surface area contributed by atoms with Crippen LogP contribution in [0.15, 0.2) is 36.7 Å². The lowest BCUT2D eigenvalue weighted by Crippen LogP contribution is -1.95. The molecule has 0 aliphatic heterocycles. The third-order valence-electron chi connectivity index (χ3n) is 2.68. The summed E-state index contributed by atoms with van der Waals surface area (Å²) in [6.45, 7) is 0. The maximum atomic E-state index is 13.3. The third kappa shape index (κ3) is 2.13. The average Bonchev–Trinajstić information content (AvgIpc) is 2.43. The number of pyridine rings is 1. The number of fused-ring (bicyclic) bond motifs is 1. The number of nitrogens with zero attached hydrogens (tertiary/aromatic N) is 3. The van der Waals surface area contributed by atoms with E-state index in [1.54, 1.807) is 12.4 Å². The van der Waals surface area contributed by atoms with Crippen molar-refractivity contribution < 1.29 is 4.39 Å². The molecule has 0 unspecified atom stereocenters. The van der Waals surface area contributed by atoms with Crippen molar-refractivity contribution in [2.75, 3.05) is 0 Å². The van der Waals surface area contributed by atoms with E-state index in [0.717, 1.165) is 10.8 Å². The van der Waals surface area contributed by atoms with E-state index in [4.69, 9.17) is 23.2 Å². The summed E-state index contributed by atoms with van der Waals surface area (Å²) >= 11 is 11.4. The van der Waals surface area contributed by atoms with Gasteiger partial charge in [-0.25, -0.2) is 14.4 Å². The second-order valence-corrected chi connectivity index (χ2v) is 4.57. The Morgan fingerprint density at radius 2 is 1.63 bits per heavy atom. The first-order valence-electron chi connectivity index (χ1n) is 5.38. The molecule has 19 heavy (non-hydrogen) atoms. The molecule has 0 spiro atoms. The Labute approximate surface area is 118 Å². The van der Waals surface area contributed by atoms with E-state index in [1.807, 2.05) is 24.3 Å². The smallest absolute Gasteiger partial charge is 0.197 e. The van der Waals surface area contributed by atoms with E-state index < -0.39 is 5.82 Å². The monoisotopic (exact) mass is 293 g/mol. The Morgan fingerprint density at radius 3 is 2.37 bits per heavy atom. The second-order valence-electron chi connectivity index (χ2n) is 3.85. The van der Waals surface area contributed by atoms with E-state index >= 15 is 0 Å². The van der Waals surface area contributed by atoms with Gasteiger partial charge in [-0.3, -0.25) is 4.98 Å². The lowest BCUT2D eigenvalue weighted by molar-refractivity contribution is 0.615. The van der Waals surface area contributed by atoms with Gasteiger partial charge in [0.25, 0.3) is 0 Å². The highest BCUT2D eigenvalue weighted by Crippen LogP contribution is 2.28. The predicted molar refractivity (Wildman–Crippen MR) is 72.7 cm³/mol. The highest BCUT2D eigenvalue weighted by atomic mass is 35.5. The number of benzene rings is 1. The number of hydrogen-bond donors (Lipinski definition) is 0. The molecule has 3 nitrogen and oxygen atoms in total. The van der Waals surface area contributed by atoms with Crippen molar-refractivity contribution >= 4 is 34.0 Å². The van der Waals surface area contributed by atoms with Gasteiger partial charge in [0.1, 0.15) is 0 Å². The Morgan fingerprint density at radius 1 is 0.947 bits per heavy atom. The number of rotatable bonds is 1. The van der Waals surface area contributed by atoms with Crippen molar-refractivity contribution in [3.63, 3.8) is 0 Å². The molecule has 0 fully saturated rings. The standard InChI is InChI=1S/C13H6Cl2FN3/c14-11-10(16)12(15)19-13(18-11)9-6-17-5-7-3-1-2-4-8(7)9/h1-6H. The summed E-state index contributed by atoms with van der Waals surface area (Å²) in [7, 11) is 0. The molecule has 0 saturated carbocycles. The first-order chi connectivity index (χ1) is 9.16. The summed E-state index contributed by atoms with van der Waals surface area (Å²) in [6.07, 6.45) is 3.33. The van der Waals surface area contributed by atoms with Gasteiger partial charge in [0.15, 0.2) is 21.9 Å². The van der Waals surface area contributed by atoms with Crippen LogP contribution in [0.1, 0.15) is 0 Å². The fourth-order valence-electron chi connectivity index (χ4n) is 1.81. The average molecular weight is 294 g/mol. The minimum absolute atomic E-state index is 0.251. The normalized spacial score (nSPS) is 10.9. The van der Waals surface area contributed by atoms with Crippen LogP contribution >= 0.6 is 23.2 Å². The van der Waals surface area contributed by atoms with Gasteiger partial charge in [0, 0.05) is 23.3 Å². The van der Waals surface area contributed by atoms with Crippen LogP contribution in [0.25, 0.3) is 22.2 Å². The van der Waals surface area contributed by atoms with E-state index in [9.17, 15) is 4.39 Å². The quantitative estimate of drug-likeness (QED) is 0.633. The summed E-state index contributed by atoms with van der Waals surface area (Å²) in [5.74, 6) is -0.569. The molecule has 0 amide bonds. The van der Waals surface area contributed by atoms with Gasteiger partial charge in [-0.15, -0.1) is 0 Å². The van der Waals surface area contributed by atoms with E-state index in [-0.39, 0.29) is 16.1 Å². The molecule has 6 heteroatoms. The maximum Gasteiger partial charge on any atom is 0.197 e. The molecule has 0 saturated heterocycles. The Balaban J connectivity index is 2.31. The molecule has 0 aliphatic rings. The van der Waals surface area contributed by atoms with Crippen molar-refractivity contribution in [3.05, 3.63) is 52.8 Å². The maximum absolute atomic E-state index is 13.3. The second kappa shape index (κ2) is 4.72. The van der Waals surface area contributed by atoms with Crippen molar-refractivity contribution in [1.82, 2.24) is 15.0 Å². The molecule has 0 bridgehead atoms. The van der Waals surface area contributed by atoms with Crippen LogP contribution in [-0.4, -0.2) is 15.0 Å². The largest absolute Gasteiger partial charge is 0.263 e. The van der Waals surface area contributed by atoms with Crippen LogP contribution in [0.4, 0.5) is 4.39 Å². The summed E-state index contributed by atoms with van der Waals surface area (Å²) in [5.41, 5.74) is 0.655. The molecule has 0 aliphatic carbocycles. The highest BCUT2D eigenvalue weighted by molar-refractivity contribution is 6.33. The Hall–Kier alpha value is -1.78. The molecule has 0 atom stereocenters. The van der Waals surface area contributed by atoms with Crippen LogP contribution in [0.3, 0.4) is 0 Å². The zero-order valence-electron chi connectivity index (χ0n) is 9.44. The van der Waals surface area contributed by atoms with Crippen LogP contribution in [0.5, 0.6) is 0 Å². The minimum atomic E-state index is -0.819. The topological polar surface area (TPSA) is 38.7 Å². The minimum Gasteiger partial charge on any atom is -0.263 e. The molecular weight excluding hydrogens is 288 g/mol. The summed E-state index contributed by atoms with van der Waals surface area (Å²) < 4.78 is 13.3. The lowest BCUT2D eigenvalue weighted by atomic mass is 10.1. The van der Waals surface area contributed by atoms with E-state index in [0.29, 0.717) is 5.56 Å². The number of hydrogen-bond acceptors (Lipinski definition) is 3. The summed E-state index contributed by atoms with van der Waals surface area (Å²) in [5, 5.41) is 1.22. The van der Waals surface area contributed by atoms with Crippen molar-refractivity contribution in [2.45, 2.75) is 0 Å². The molecule has 2 aromatic heterocycles. The van der Waals surface area contributed by atoms with Crippen LogP contribution in [0, 0.1) is 5.82 Å². The zero-order chi connectivity index (χ0) is 13.4. The number of aromatic nitrogens is 3. The predicted octanol–water partition coefficient (Wildman–Crippen LogP) is 4.14. The number of halogens is 3. The van der Waals surface area contributed by atoms with Crippen LogP contribution in [0.2, 0.25) is 10.3 Å². The van der Waals surface area contributed by atoms with Crippen molar-refractivity contribution in [2.24, 2.45) is 0 Å². The van der Waals surface area contributed by atoms with Crippen molar-refractivity contribution in [1.29, 1.82) is 0 Å². The van der Waals surface area contributed by atoms with Gasteiger partial charge in [0.2, 0.25) is 0 Å². The van der Waals surface area contributed by atoms with Crippen molar-refractivity contribution in [3.8, 4) is 11.4 Å². The first-order valence-corrected chi connectivity index (χ1v) is 6.14. The molecule has 3 aromatic rings. The van der Waals surface area contributed by atoms with Gasteiger partial charge < -0.3 is 0 Å². The molecular formula is C13H6Cl2FN3. The fraction of sp³-hybridized carbons (Fsp3) is 0. The molecule has 0 N–H and O–H groups in total.